The molecule has 2 heterocycles. The summed E-state index contributed by atoms with van der Waals surface area (Å²) in [4.78, 5) is 10.8. The second-order valence-corrected chi connectivity index (χ2v) is 6.20. The molecule has 1 saturated heterocycles. The average Bonchev–Trinajstić information content (AvgIpc) is 2.84. The number of ether oxygens (including phenoxy) is 1. The molecular formula is C14H25N5O. The van der Waals surface area contributed by atoms with E-state index in [2.05, 4.69) is 20.2 Å². The lowest BCUT2D eigenvalue weighted by molar-refractivity contribution is -0.0164. The van der Waals surface area contributed by atoms with Crippen LogP contribution < -0.4 is 16.0 Å². The fourth-order valence-electron chi connectivity index (χ4n) is 2.23. The van der Waals surface area contributed by atoms with Crippen molar-refractivity contribution in [2.24, 2.45) is 0 Å². The van der Waals surface area contributed by atoms with Crippen LogP contribution in [0.3, 0.4) is 0 Å². The molecule has 0 aliphatic carbocycles. The number of nitrogens with zero attached hydrogens (tertiary/aromatic N) is 3. The molecule has 1 aliphatic rings. The van der Waals surface area contributed by atoms with E-state index in [0.717, 1.165) is 31.0 Å². The Morgan fingerprint density at radius 2 is 2.20 bits per heavy atom. The number of rotatable bonds is 4. The summed E-state index contributed by atoms with van der Waals surface area (Å²) < 4.78 is 5.75. The summed E-state index contributed by atoms with van der Waals surface area (Å²) in [7, 11) is 1.99. The maximum Gasteiger partial charge on any atom is 0.222 e. The molecule has 0 aromatic carbocycles. The Morgan fingerprint density at radius 3 is 2.80 bits per heavy atom. The maximum absolute atomic E-state index is 5.81. The van der Waals surface area contributed by atoms with E-state index in [1.807, 2.05) is 33.9 Å². The number of hydrogen-bond acceptors (Lipinski definition) is 6. The van der Waals surface area contributed by atoms with E-state index in [1.165, 1.54) is 0 Å². The molecule has 1 atom stereocenters. The minimum atomic E-state index is -0.190. The van der Waals surface area contributed by atoms with Crippen molar-refractivity contribution in [3.63, 3.8) is 0 Å². The van der Waals surface area contributed by atoms with Crippen molar-refractivity contribution in [3.05, 3.63) is 11.8 Å². The standard InChI is InChI=1S/C14H25N5O/c1-14(2,3)20-9-11-7-12(18-13(15)17-11)19-6-5-10(8-19)16-4/h7,10,16H,5-6,8-9H2,1-4H3,(H2,15,17,18). The van der Waals surface area contributed by atoms with Crippen LogP contribution in [0.4, 0.5) is 11.8 Å². The third-order valence-electron chi connectivity index (χ3n) is 3.36. The maximum atomic E-state index is 5.81. The normalized spacial score (nSPS) is 19.6. The highest BCUT2D eigenvalue weighted by molar-refractivity contribution is 5.44. The van der Waals surface area contributed by atoms with Gasteiger partial charge in [-0.3, -0.25) is 0 Å². The average molecular weight is 279 g/mol. The molecule has 1 aromatic heterocycles. The van der Waals surface area contributed by atoms with Crippen LogP contribution in [-0.4, -0.2) is 41.7 Å². The number of hydrogen-bond donors (Lipinski definition) is 2. The summed E-state index contributed by atoms with van der Waals surface area (Å²) in [6.07, 6.45) is 1.12. The van der Waals surface area contributed by atoms with Gasteiger partial charge in [0.2, 0.25) is 5.95 Å². The third-order valence-corrected chi connectivity index (χ3v) is 3.36. The van der Waals surface area contributed by atoms with Crippen LogP contribution in [0.2, 0.25) is 0 Å². The predicted molar refractivity (Wildman–Crippen MR) is 80.7 cm³/mol. The van der Waals surface area contributed by atoms with Crippen LogP contribution >= 0.6 is 0 Å². The van der Waals surface area contributed by atoms with Gasteiger partial charge in [-0.05, 0) is 34.2 Å². The number of nitrogens with one attached hydrogen (secondary N) is 1. The van der Waals surface area contributed by atoms with Gasteiger partial charge in [0, 0.05) is 25.2 Å². The molecule has 1 aromatic rings. The van der Waals surface area contributed by atoms with E-state index < -0.39 is 0 Å². The van der Waals surface area contributed by atoms with Crippen molar-refractivity contribution < 1.29 is 4.74 Å². The van der Waals surface area contributed by atoms with Crippen molar-refractivity contribution >= 4 is 11.8 Å². The van der Waals surface area contributed by atoms with Crippen molar-refractivity contribution in [3.8, 4) is 0 Å². The second kappa shape index (κ2) is 5.93. The lowest BCUT2D eigenvalue weighted by Gasteiger charge is -2.21. The number of aromatic nitrogens is 2. The Kier molecular flexibility index (Phi) is 4.45. The van der Waals surface area contributed by atoms with Crippen molar-refractivity contribution in [1.29, 1.82) is 0 Å². The van der Waals surface area contributed by atoms with Gasteiger partial charge in [0.25, 0.3) is 0 Å². The van der Waals surface area contributed by atoms with Gasteiger partial charge in [-0.15, -0.1) is 0 Å². The zero-order valence-electron chi connectivity index (χ0n) is 12.8. The summed E-state index contributed by atoms with van der Waals surface area (Å²) in [5.41, 5.74) is 6.45. The first-order valence-electron chi connectivity index (χ1n) is 7.07. The first kappa shape index (κ1) is 15.0. The molecule has 112 valence electrons. The predicted octanol–water partition coefficient (Wildman–Crippen LogP) is 1.17. The molecule has 6 heteroatoms. The lowest BCUT2D eigenvalue weighted by Crippen LogP contribution is -2.30. The molecule has 0 saturated carbocycles. The molecule has 1 aliphatic heterocycles. The van der Waals surface area contributed by atoms with Crippen molar-refractivity contribution in [2.45, 2.75) is 45.4 Å². The Balaban J connectivity index is 2.09. The van der Waals surface area contributed by atoms with E-state index in [1.54, 1.807) is 0 Å². The van der Waals surface area contributed by atoms with E-state index in [9.17, 15) is 0 Å². The van der Waals surface area contributed by atoms with Gasteiger partial charge < -0.3 is 20.7 Å². The summed E-state index contributed by atoms with van der Waals surface area (Å²) >= 11 is 0. The van der Waals surface area contributed by atoms with Gasteiger partial charge in [-0.25, -0.2) is 4.98 Å². The van der Waals surface area contributed by atoms with Crippen molar-refractivity contribution in [1.82, 2.24) is 15.3 Å². The quantitative estimate of drug-likeness (QED) is 0.861. The first-order valence-corrected chi connectivity index (χ1v) is 7.07. The smallest absolute Gasteiger partial charge is 0.222 e. The largest absolute Gasteiger partial charge is 0.370 e. The van der Waals surface area contributed by atoms with E-state index in [-0.39, 0.29) is 5.60 Å². The van der Waals surface area contributed by atoms with Gasteiger partial charge in [0.15, 0.2) is 0 Å². The highest BCUT2D eigenvalue weighted by Crippen LogP contribution is 2.21. The molecule has 0 radical (unpaired) electrons. The van der Waals surface area contributed by atoms with Crippen LogP contribution in [0, 0.1) is 0 Å². The Morgan fingerprint density at radius 1 is 1.45 bits per heavy atom. The SMILES string of the molecule is CNC1CCN(c2cc(COC(C)(C)C)nc(N)n2)C1. The van der Waals surface area contributed by atoms with Crippen LogP contribution in [0.5, 0.6) is 0 Å². The highest BCUT2D eigenvalue weighted by atomic mass is 16.5. The fraction of sp³-hybridized carbons (Fsp3) is 0.714. The van der Waals surface area contributed by atoms with Crippen LogP contribution in [0.25, 0.3) is 0 Å². The molecule has 1 fully saturated rings. The molecule has 6 nitrogen and oxygen atoms in total. The number of anilines is 2. The highest BCUT2D eigenvalue weighted by Gasteiger charge is 2.23. The minimum Gasteiger partial charge on any atom is -0.370 e. The Bertz CT molecular complexity index is 457. The van der Waals surface area contributed by atoms with Gasteiger partial charge in [-0.1, -0.05) is 0 Å². The van der Waals surface area contributed by atoms with Gasteiger partial charge in [0.1, 0.15) is 5.82 Å². The van der Waals surface area contributed by atoms with Crippen molar-refractivity contribution in [2.75, 3.05) is 30.8 Å². The minimum absolute atomic E-state index is 0.190. The number of nitrogens with two attached hydrogens (primary N) is 1. The molecule has 1 unspecified atom stereocenters. The molecule has 20 heavy (non-hydrogen) atoms. The van der Waals surface area contributed by atoms with Crippen LogP contribution in [-0.2, 0) is 11.3 Å². The summed E-state index contributed by atoms with van der Waals surface area (Å²) in [6, 6.07) is 2.49. The fourth-order valence-corrected chi connectivity index (χ4v) is 2.23. The van der Waals surface area contributed by atoms with Crippen LogP contribution in [0.15, 0.2) is 6.07 Å². The molecule has 0 bridgehead atoms. The van der Waals surface area contributed by atoms with E-state index >= 15 is 0 Å². The third kappa shape index (κ3) is 4.05. The molecule has 0 amide bonds. The Labute approximate surface area is 120 Å². The van der Waals surface area contributed by atoms with E-state index in [0.29, 0.717) is 18.6 Å². The molecule has 3 N–H and O–H groups in total. The summed E-state index contributed by atoms with van der Waals surface area (Å²) in [5.74, 6) is 1.20. The summed E-state index contributed by atoms with van der Waals surface area (Å²) in [5, 5.41) is 3.30. The number of nitrogen functional groups attached to an aromatic ring is 1. The van der Waals surface area contributed by atoms with Gasteiger partial charge in [-0.2, -0.15) is 4.98 Å². The second-order valence-electron chi connectivity index (χ2n) is 6.20. The summed E-state index contributed by atoms with van der Waals surface area (Å²) in [6.45, 7) is 8.46. The van der Waals surface area contributed by atoms with Gasteiger partial charge in [0.05, 0.1) is 17.9 Å². The lowest BCUT2D eigenvalue weighted by atomic mass is 10.2. The molecular weight excluding hydrogens is 254 g/mol. The monoisotopic (exact) mass is 279 g/mol. The molecule has 0 spiro atoms. The Hall–Kier alpha value is -1.40. The molecule has 2 rings (SSSR count). The topological polar surface area (TPSA) is 76.3 Å². The number of likely N-dealkylation sites (N-methyl/N-ethyl adjacent to an activating group) is 1. The van der Waals surface area contributed by atoms with Gasteiger partial charge >= 0.3 is 0 Å². The zero-order chi connectivity index (χ0) is 14.8. The van der Waals surface area contributed by atoms with Crippen LogP contribution in [0.1, 0.15) is 32.9 Å². The van der Waals surface area contributed by atoms with E-state index in [4.69, 9.17) is 10.5 Å². The first-order chi connectivity index (χ1) is 9.37. The zero-order valence-corrected chi connectivity index (χ0v) is 12.8.